The monoisotopic (exact) mass is 281 g/mol. The first kappa shape index (κ1) is 9.95. The molecule has 1 rings (SSSR count). The first-order valence-corrected chi connectivity index (χ1v) is 5.14. The van der Waals surface area contributed by atoms with Crippen LogP contribution in [0, 0.1) is 5.92 Å². The third-order valence-corrected chi connectivity index (χ3v) is 3.07. The van der Waals surface area contributed by atoms with E-state index in [0.717, 1.165) is 19.4 Å². The average Bonchev–Trinajstić information content (AvgIpc) is 2.04. The lowest BCUT2D eigenvalue weighted by molar-refractivity contribution is -0.131. The molecule has 0 aromatic carbocycles. The zero-order chi connectivity index (χ0) is 9.14. The molecular weight excluding hydrogens is 269 g/mol. The van der Waals surface area contributed by atoms with Gasteiger partial charge in [0.1, 0.15) is 0 Å². The van der Waals surface area contributed by atoms with E-state index >= 15 is 0 Å². The van der Waals surface area contributed by atoms with E-state index < -0.39 is 0 Å². The Morgan fingerprint density at radius 2 is 2.17 bits per heavy atom. The van der Waals surface area contributed by atoms with Crippen LogP contribution in [-0.2, 0) is 9.59 Å². The molecule has 0 bridgehead atoms. The van der Waals surface area contributed by atoms with E-state index in [1.807, 2.05) is 22.6 Å². The van der Waals surface area contributed by atoms with Crippen molar-refractivity contribution in [2.75, 3.05) is 13.1 Å². The smallest absolute Gasteiger partial charge is 0.219 e. The fraction of sp³-hybridized carbons (Fsp3) is 0.750. The minimum atomic E-state index is 0.0725. The molecule has 3 nitrogen and oxygen atoms in total. The summed E-state index contributed by atoms with van der Waals surface area (Å²) in [5, 5.41) is 0. The molecule has 12 heavy (non-hydrogen) atoms. The highest BCUT2D eigenvalue weighted by atomic mass is 127. The molecule has 1 unspecified atom stereocenters. The van der Waals surface area contributed by atoms with Crippen LogP contribution in [0.4, 0.5) is 0 Å². The lowest BCUT2D eigenvalue weighted by Gasteiger charge is -2.30. The lowest BCUT2D eigenvalue weighted by atomic mass is 10.00. The molecule has 1 fully saturated rings. The number of carbonyl (C=O) groups is 2. The van der Waals surface area contributed by atoms with Gasteiger partial charge in [-0.25, -0.2) is 0 Å². The van der Waals surface area contributed by atoms with Crippen LogP contribution in [0.3, 0.4) is 0 Å². The second-order valence-electron chi connectivity index (χ2n) is 3.11. The summed E-state index contributed by atoms with van der Waals surface area (Å²) in [6, 6.07) is 0. The molecule has 1 saturated heterocycles. The molecule has 4 heteroatoms. The van der Waals surface area contributed by atoms with Gasteiger partial charge in [0.15, 0.2) is 3.79 Å². The molecule has 68 valence electrons. The van der Waals surface area contributed by atoms with Crippen molar-refractivity contribution in [3.8, 4) is 0 Å². The number of halogens is 1. The van der Waals surface area contributed by atoms with Gasteiger partial charge < -0.3 is 4.90 Å². The van der Waals surface area contributed by atoms with Crippen LogP contribution in [-0.4, -0.2) is 27.7 Å². The number of hydrogen-bond donors (Lipinski definition) is 0. The molecule has 1 aliphatic rings. The number of likely N-dealkylation sites (tertiary alicyclic amines) is 1. The predicted octanol–water partition coefficient (Wildman–Crippen LogP) is 1.21. The minimum absolute atomic E-state index is 0.0725. The van der Waals surface area contributed by atoms with Crippen molar-refractivity contribution in [3.63, 3.8) is 0 Å². The number of piperidine rings is 1. The Morgan fingerprint density at radius 1 is 1.50 bits per heavy atom. The van der Waals surface area contributed by atoms with Crippen LogP contribution in [0.15, 0.2) is 0 Å². The first-order chi connectivity index (χ1) is 5.61. The second-order valence-corrected chi connectivity index (χ2v) is 4.17. The maximum atomic E-state index is 11.0. The predicted molar refractivity (Wildman–Crippen MR) is 54.0 cm³/mol. The number of hydrogen-bond acceptors (Lipinski definition) is 2. The summed E-state index contributed by atoms with van der Waals surface area (Å²) in [6.07, 6.45) is 1.89. The van der Waals surface area contributed by atoms with E-state index in [9.17, 15) is 9.59 Å². The number of rotatable bonds is 1. The zero-order valence-electron chi connectivity index (χ0n) is 7.05. The fourth-order valence-electron chi connectivity index (χ4n) is 1.45. The van der Waals surface area contributed by atoms with E-state index in [1.165, 1.54) is 0 Å². The molecule has 1 heterocycles. The Hall–Kier alpha value is -0.130. The van der Waals surface area contributed by atoms with Crippen LogP contribution in [0.5, 0.6) is 0 Å². The summed E-state index contributed by atoms with van der Waals surface area (Å²) in [7, 11) is 0. The summed E-state index contributed by atoms with van der Waals surface area (Å²) in [6.45, 7) is 2.99. The Balaban J connectivity index is 2.51. The molecule has 0 radical (unpaired) electrons. The van der Waals surface area contributed by atoms with Gasteiger partial charge in [0.25, 0.3) is 0 Å². The third kappa shape index (κ3) is 2.43. The highest BCUT2D eigenvalue weighted by Crippen LogP contribution is 2.19. The lowest BCUT2D eigenvalue weighted by Crippen LogP contribution is -2.40. The Kier molecular flexibility index (Phi) is 3.49. The highest BCUT2D eigenvalue weighted by Gasteiger charge is 2.24. The van der Waals surface area contributed by atoms with Gasteiger partial charge in [0.05, 0.1) is 0 Å². The molecule has 0 N–H and O–H groups in total. The summed E-state index contributed by atoms with van der Waals surface area (Å²) >= 11 is 1.82. The normalized spacial score (nSPS) is 23.8. The van der Waals surface area contributed by atoms with Crippen LogP contribution in [0.2, 0.25) is 0 Å². The van der Waals surface area contributed by atoms with E-state index in [0.29, 0.717) is 6.54 Å². The van der Waals surface area contributed by atoms with Crippen molar-refractivity contribution in [1.29, 1.82) is 0 Å². The first-order valence-electron chi connectivity index (χ1n) is 4.06. The van der Waals surface area contributed by atoms with Crippen LogP contribution in [0.1, 0.15) is 19.8 Å². The molecule has 1 amide bonds. The fourth-order valence-corrected chi connectivity index (χ4v) is 1.96. The molecule has 0 saturated carbocycles. The Bertz CT molecular complexity index is 185. The molecule has 0 aromatic heterocycles. The molecule has 1 aliphatic heterocycles. The zero-order valence-corrected chi connectivity index (χ0v) is 9.20. The van der Waals surface area contributed by atoms with E-state index in [4.69, 9.17) is 0 Å². The van der Waals surface area contributed by atoms with Crippen molar-refractivity contribution in [1.82, 2.24) is 4.90 Å². The Labute approximate surface area is 85.6 Å². The van der Waals surface area contributed by atoms with E-state index in [2.05, 4.69) is 0 Å². The second kappa shape index (κ2) is 4.20. The van der Waals surface area contributed by atoms with Gasteiger partial charge in [-0.1, -0.05) is 0 Å². The van der Waals surface area contributed by atoms with Gasteiger partial charge in [0.2, 0.25) is 5.91 Å². The maximum absolute atomic E-state index is 11.0. The van der Waals surface area contributed by atoms with Crippen molar-refractivity contribution in [3.05, 3.63) is 0 Å². The van der Waals surface area contributed by atoms with Crippen LogP contribution < -0.4 is 0 Å². The summed E-state index contributed by atoms with van der Waals surface area (Å²) < 4.78 is 0.179. The quantitative estimate of drug-likeness (QED) is 0.535. The molecular formula is C8H12INO2. The van der Waals surface area contributed by atoms with Gasteiger partial charge in [-0.05, 0) is 35.4 Å². The van der Waals surface area contributed by atoms with Gasteiger partial charge in [-0.3, -0.25) is 9.59 Å². The van der Waals surface area contributed by atoms with Gasteiger partial charge in [-0.2, -0.15) is 0 Å². The van der Waals surface area contributed by atoms with Crippen molar-refractivity contribution >= 4 is 32.3 Å². The van der Waals surface area contributed by atoms with Crippen molar-refractivity contribution in [2.24, 2.45) is 5.92 Å². The Morgan fingerprint density at radius 3 is 2.67 bits per heavy atom. The molecule has 1 atom stereocenters. The van der Waals surface area contributed by atoms with Crippen molar-refractivity contribution in [2.45, 2.75) is 19.8 Å². The summed E-state index contributed by atoms with van der Waals surface area (Å²) in [4.78, 5) is 23.7. The van der Waals surface area contributed by atoms with E-state index in [-0.39, 0.29) is 15.6 Å². The third-order valence-electron chi connectivity index (χ3n) is 2.19. The van der Waals surface area contributed by atoms with Crippen molar-refractivity contribution < 1.29 is 9.59 Å². The maximum Gasteiger partial charge on any atom is 0.219 e. The number of carbonyl (C=O) groups excluding carboxylic acids is 2. The minimum Gasteiger partial charge on any atom is -0.342 e. The number of nitrogens with zero attached hydrogens (tertiary/aromatic N) is 1. The highest BCUT2D eigenvalue weighted by molar-refractivity contribution is 14.1. The topological polar surface area (TPSA) is 37.4 Å². The van der Waals surface area contributed by atoms with Gasteiger partial charge in [-0.15, -0.1) is 0 Å². The van der Waals surface area contributed by atoms with Crippen LogP contribution in [0.25, 0.3) is 0 Å². The van der Waals surface area contributed by atoms with E-state index in [1.54, 1.807) is 11.8 Å². The summed E-state index contributed by atoms with van der Waals surface area (Å²) in [5.41, 5.74) is 0. The largest absolute Gasteiger partial charge is 0.342 e. The molecule has 0 aromatic rings. The van der Waals surface area contributed by atoms with Crippen LogP contribution >= 0.6 is 22.6 Å². The SMILES string of the molecule is CC(=O)N1CCCC(C(=O)I)C1. The summed E-state index contributed by atoms with van der Waals surface area (Å²) in [5.74, 6) is 0.153. The van der Waals surface area contributed by atoms with Gasteiger partial charge >= 0.3 is 0 Å². The molecule has 0 spiro atoms. The number of amides is 1. The molecule has 0 aliphatic carbocycles. The average molecular weight is 281 g/mol. The standard InChI is InChI=1S/C8H12INO2/c1-6(11)10-4-2-3-7(5-10)8(9)12/h7H,2-5H2,1H3. The van der Waals surface area contributed by atoms with Gasteiger partial charge in [0, 0.05) is 25.9 Å².